The predicted molar refractivity (Wildman–Crippen MR) is 118 cm³/mol. The van der Waals surface area contributed by atoms with Gasteiger partial charge in [-0.3, -0.25) is 4.79 Å². The van der Waals surface area contributed by atoms with Crippen LogP contribution < -0.4 is 5.32 Å². The molecule has 1 amide bonds. The van der Waals surface area contributed by atoms with Gasteiger partial charge in [-0.15, -0.1) is 0 Å². The highest BCUT2D eigenvalue weighted by atomic mass is 35.5. The van der Waals surface area contributed by atoms with E-state index in [0.717, 1.165) is 4.57 Å². The molecule has 4 rings (SSSR count). The van der Waals surface area contributed by atoms with E-state index >= 15 is 0 Å². The number of amides is 1. The summed E-state index contributed by atoms with van der Waals surface area (Å²) in [5, 5.41) is 3.43. The van der Waals surface area contributed by atoms with E-state index in [1.807, 2.05) is 0 Å². The van der Waals surface area contributed by atoms with Crippen molar-refractivity contribution in [2.75, 3.05) is 11.1 Å². The number of imidazole rings is 2. The van der Waals surface area contributed by atoms with Crippen LogP contribution in [0.2, 0.25) is 10.0 Å². The minimum atomic E-state index is -4.68. The number of hydrogen-bond donors (Lipinski definition) is 2. The van der Waals surface area contributed by atoms with E-state index in [1.165, 1.54) is 36.0 Å². The second-order valence-electron chi connectivity index (χ2n) is 6.55. The van der Waals surface area contributed by atoms with Gasteiger partial charge >= 0.3 is 6.18 Å². The number of aromatic nitrogens is 4. The molecule has 0 saturated carbocycles. The van der Waals surface area contributed by atoms with Crippen molar-refractivity contribution in [3.8, 4) is 0 Å². The van der Waals surface area contributed by atoms with E-state index in [4.69, 9.17) is 23.2 Å². The van der Waals surface area contributed by atoms with Crippen LogP contribution in [0.5, 0.6) is 0 Å². The van der Waals surface area contributed by atoms with Crippen LogP contribution in [0.15, 0.2) is 53.9 Å². The van der Waals surface area contributed by atoms with Crippen molar-refractivity contribution < 1.29 is 18.0 Å². The fourth-order valence-corrected chi connectivity index (χ4v) is 4.48. The quantitative estimate of drug-likeness (QED) is 0.313. The average Bonchev–Trinajstić information content (AvgIpc) is 3.36. The lowest BCUT2D eigenvalue weighted by atomic mass is 10.2. The molecule has 0 aliphatic heterocycles. The molecule has 2 heterocycles. The third kappa shape index (κ3) is 4.57. The Hall–Kier alpha value is -2.69. The Balaban J connectivity index is 1.69. The van der Waals surface area contributed by atoms with E-state index in [9.17, 15) is 18.0 Å². The Labute approximate surface area is 194 Å². The number of H-pyrrole nitrogens is 1. The van der Waals surface area contributed by atoms with Crippen molar-refractivity contribution >= 4 is 57.6 Å². The molecule has 2 aromatic carbocycles. The number of nitrogens with zero attached hydrogens (tertiary/aromatic N) is 3. The van der Waals surface area contributed by atoms with Crippen molar-refractivity contribution in [2.24, 2.45) is 0 Å². The Bertz CT molecular complexity index is 1250. The van der Waals surface area contributed by atoms with Crippen LogP contribution in [0.25, 0.3) is 11.0 Å². The highest BCUT2D eigenvalue weighted by Crippen LogP contribution is 2.35. The maximum atomic E-state index is 13.7. The lowest BCUT2D eigenvalue weighted by Gasteiger charge is -2.11. The number of fused-ring (bicyclic) bond motifs is 1. The van der Waals surface area contributed by atoms with E-state index < -0.39 is 17.9 Å². The predicted octanol–water partition coefficient (Wildman–Crippen LogP) is 6.13. The number of hydrogen-bond acceptors (Lipinski definition) is 4. The summed E-state index contributed by atoms with van der Waals surface area (Å²) in [6.07, 6.45) is -1.48. The molecule has 2 N–H and O–H groups in total. The van der Waals surface area contributed by atoms with E-state index in [-0.39, 0.29) is 38.9 Å². The maximum absolute atomic E-state index is 13.7. The zero-order valence-corrected chi connectivity index (χ0v) is 18.4. The third-order valence-electron chi connectivity index (χ3n) is 4.50. The summed E-state index contributed by atoms with van der Waals surface area (Å²) >= 11 is 13.4. The smallest absolute Gasteiger partial charge is 0.340 e. The van der Waals surface area contributed by atoms with Crippen molar-refractivity contribution in [3.05, 3.63) is 70.2 Å². The normalized spacial score (nSPS) is 11.8. The number of para-hydroxylation sites is 1. The molecular weight excluding hydrogens is 486 g/mol. The number of aromatic amines is 1. The van der Waals surface area contributed by atoms with Gasteiger partial charge in [0, 0.05) is 24.7 Å². The van der Waals surface area contributed by atoms with Crippen LogP contribution in [0.3, 0.4) is 0 Å². The number of halogens is 5. The van der Waals surface area contributed by atoms with Crippen molar-refractivity contribution in [1.82, 2.24) is 19.5 Å². The van der Waals surface area contributed by atoms with Crippen molar-refractivity contribution in [2.45, 2.75) is 17.9 Å². The summed E-state index contributed by atoms with van der Waals surface area (Å²) in [7, 11) is 0. The van der Waals surface area contributed by atoms with Gasteiger partial charge in [0.1, 0.15) is 5.52 Å². The second-order valence-corrected chi connectivity index (χ2v) is 8.45. The number of thioether (sulfide) groups is 1. The molecule has 0 spiro atoms. The number of anilines is 1. The maximum Gasteiger partial charge on any atom is 0.449 e. The van der Waals surface area contributed by atoms with Gasteiger partial charge in [-0.05, 0) is 24.3 Å². The second kappa shape index (κ2) is 9.05. The van der Waals surface area contributed by atoms with Gasteiger partial charge < -0.3 is 14.9 Å². The van der Waals surface area contributed by atoms with Crippen molar-refractivity contribution in [1.29, 1.82) is 0 Å². The van der Waals surface area contributed by atoms with Gasteiger partial charge in [-0.2, -0.15) is 13.2 Å². The molecule has 12 heteroatoms. The molecule has 4 aromatic rings. The summed E-state index contributed by atoms with van der Waals surface area (Å²) in [6, 6.07) is 9.11. The summed E-state index contributed by atoms with van der Waals surface area (Å²) in [5.74, 6) is -1.37. The lowest BCUT2D eigenvalue weighted by Crippen LogP contribution is -2.16. The van der Waals surface area contributed by atoms with Gasteiger partial charge in [-0.25, -0.2) is 9.97 Å². The van der Waals surface area contributed by atoms with E-state index in [1.54, 1.807) is 24.5 Å². The van der Waals surface area contributed by atoms with Crippen LogP contribution in [0.1, 0.15) is 16.2 Å². The monoisotopic (exact) mass is 499 g/mol. The van der Waals surface area contributed by atoms with Gasteiger partial charge in [0.05, 0.1) is 26.8 Å². The Morgan fingerprint density at radius 1 is 1.16 bits per heavy atom. The Kier molecular flexibility index (Phi) is 6.36. The van der Waals surface area contributed by atoms with Crippen molar-refractivity contribution in [3.63, 3.8) is 0 Å². The lowest BCUT2D eigenvalue weighted by molar-refractivity contribution is -0.146. The Morgan fingerprint density at radius 3 is 2.53 bits per heavy atom. The zero-order chi connectivity index (χ0) is 22.9. The van der Waals surface area contributed by atoms with Crippen LogP contribution >= 0.6 is 35.0 Å². The number of carbonyl (C=O) groups is 1. The zero-order valence-electron chi connectivity index (χ0n) is 16.1. The fourth-order valence-electron chi connectivity index (χ4n) is 3.15. The SMILES string of the molecule is O=C(Nc1cccc2c1nc(C(F)(F)F)n2CCSc1ncc[nH]1)c1c(Cl)cccc1Cl. The molecule has 2 aromatic heterocycles. The standard InChI is InChI=1S/C20H14Cl2F3N5OS/c21-11-3-1-4-12(22)15(11)17(31)28-13-5-2-6-14-16(13)29-18(20(23,24)25)30(14)9-10-32-19-26-7-8-27-19/h1-8H,9-10H2,(H,26,27)(H,28,31). The summed E-state index contributed by atoms with van der Waals surface area (Å²) in [6.45, 7) is 0.0322. The van der Waals surface area contributed by atoms with E-state index in [2.05, 4.69) is 20.3 Å². The summed E-state index contributed by atoms with van der Waals surface area (Å²) in [5.41, 5.74) is 0.393. The molecule has 166 valence electrons. The van der Waals surface area contributed by atoms with Gasteiger partial charge in [0.15, 0.2) is 5.16 Å². The molecule has 32 heavy (non-hydrogen) atoms. The minimum Gasteiger partial charge on any atom is -0.340 e. The van der Waals surface area contributed by atoms with Gasteiger partial charge in [0.2, 0.25) is 5.82 Å². The molecule has 6 nitrogen and oxygen atoms in total. The molecule has 0 aliphatic rings. The number of carbonyl (C=O) groups excluding carboxylic acids is 1. The van der Waals surface area contributed by atoms with Gasteiger partial charge in [0.25, 0.3) is 5.91 Å². The molecule has 0 aliphatic carbocycles. The highest BCUT2D eigenvalue weighted by Gasteiger charge is 2.38. The summed E-state index contributed by atoms with van der Waals surface area (Å²) in [4.78, 5) is 23.5. The van der Waals surface area contributed by atoms with Gasteiger partial charge in [-0.1, -0.05) is 47.1 Å². The molecular formula is C20H14Cl2F3N5OS. The minimum absolute atomic E-state index is 0.0133. The van der Waals surface area contributed by atoms with E-state index in [0.29, 0.717) is 10.9 Å². The topological polar surface area (TPSA) is 75.6 Å². The number of nitrogens with one attached hydrogen (secondary N) is 2. The first-order valence-electron chi connectivity index (χ1n) is 9.19. The summed E-state index contributed by atoms with van der Waals surface area (Å²) < 4.78 is 42.3. The number of benzene rings is 2. The number of aryl methyl sites for hydroxylation is 1. The molecule has 0 saturated heterocycles. The molecule has 0 atom stereocenters. The third-order valence-corrected chi connectivity index (χ3v) is 6.01. The number of alkyl halides is 3. The molecule has 0 fully saturated rings. The number of rotatable bonds is 6. The first-order chi connectivity index (χ1) is 15.3. The first-order valence-corrected chi connectivity index (χ1v) is 10.9. The van der Waals surface area contributed by atoms with Crippen LogP contribution in [-0.4, -0.2) is 31.2 Å². The molecule has 0 bridgehead atoms. The Morgan fingerprint density at radius 2 is 1.88 bits per heavy atom. The highest BCUT2D eigenvalue weighted by molar-refractivity contribution is 7.99. The fraction of sp³-hybridized carbons (Fsp3) is 0.150. The molecule has 0 unspecified atom stereocenters. The first kappa shape index (κ1) is 22.5. The van der Waals surface area contributed by atoms with Crippen LogP contribution in [-0.2, 0) is 12.7 Å². The van der Waals surface area contributed by atoms with Crippen LogP contribution in [0, 0.1) is 0 Å². The van der Waals surface area contributed by atoms with Crippen LogP contribution in [0.4, 0.5) is 18.9 Å². The molecule has 0 radical (unpaired) electrons. The average molecular weight is 500 g/mol. The largest absolute Gasteiger partial charge is 0.449 e.